The number of hydrogen-bond donors (Lipinski definition) is 3. The van der Waals surface area contributed by atoms with Gasteiger partial charge in [0.1, 0.15) is 17.6 Å². The number of aliphatic hydroxyl groups is 1. The number of amides is 1. The van der Waals surface area contributed by atoms with Gasteiger partial charge in [-0.25, -0.2) is 4.39 Å². The van der Waals surface area contributed by atoms with E-state index in [1.165, 1.54) is 30.7 Å². The second kappa shape index (κ2) is 6.86. The SMILES string of the molecule is O=C(NC(CO)c1ccco1)c1cn[nH]c1-c1ccc(F)c(Cl)c1. The van der Waals surface area contributed by atoms with Gasteiger partial charge in [0.05, 0.1) is 35.3 Å². The first kappa shape index (κ1) is 16.2. The lowest BCUT2D eigenvalue weighted by Gasteiger charge is -2.14. The van der Waals surface area contributed by atoms with Crippen LogP contribution in [0.15, 0.2) is 47.2 Å². The van der Waals surface area contributed by atoms with E-state index in [1.54, 1.807) is 12.1 Å². The van der Waals surface area contributed by atoms with Gasteiger partial charge in [0, 0.05) is 5.56 Å². The summed E-state index contributed by atoms with van der Waals surface area (Å²) < 4.78 is 18.5. The van der Waals surface area contributed by atoms with Gasteiger partial charge in [-0.1, -0.05) is 11.6 Å². The standard InChI is InChI=1S/C16H13ClFN3O3/c17-11-6-9(3-4-12(11)18)15-10(7-19-21-15)16(23)20-13(8-22)14-2-1-5-24-14/h1-7,13,22H,8H2,(H,19,21)(H,20,23). The predicted molar refractivity (Wildman–Crippen MR) is 85.0 cm³/mol. The molecule has 6 nitrogen and oxygen atoms in total. The molecule has 124 valence electrons. The molecule has 24 heavy (non-hydrogen) atoms. The molecule has 3 N–H and O–H groups in total. The zero-order valence-corrected chi connectivity index (χ0v) is 13.0. The Morgan fingerprint density at radius 1 is 1.46 bits per heavy atom. The fourth-order valence-corrected chi connectivity index (χ4v) is 2.44. The first-order chi connectivity index (χ1) is 11.6. The maximum absolute atomic E-state index is 13.3. The van der Waals surface area contributed by atoms with Gasteiger partial charge in [0.25, 0.3) is 5.91 Å². The summed E-state index contributed by atoms with van der Waals surface area (Å²) in [6, 6.07) is 6.72. The monoisotopic (exact) mass is 349 g/mol. The van der Waals surface area contributed by atoms with E-state index in [-0.39, 0.29) is 17.2 Å². The summed E-state index contributed by atoms with van der Waals surface area (Å²) in [6.45, 7) is -0.325. The molecule has 1 atom stereocenters. The highest BCUT2D eigenvalue weighted by molar-refractivity contribution is 6.31. The van der Waals surface area contributed by atoms with E-state index >= 15 is 0 Å². The third-order valence-electron chi connectivity index (χ3n) is 3.47. The van der Waals surface area contributed by atoms with Crippen LogP contribution in [0.25, 0.3) is 11.3 Å². The maximum atomic E-state index is 13.3. The topological polar surface area (TPSA) is 91.2 Å². The zero-order chi connectivity index (χ0) is 17.1. The fraction of sp³-hybridized carbons (Fsp3) is 0.125. The Morgan fingerprint density at radius 3 is 2.96 bits per heavy atom. The second-order valence-corrected chi connectivity index (χ2v) is 5.42. The highest BCUT2D eigenvalue weighted by atomic mass is 35.5. The Kier molecular flexibility index (Phi) is 4.64. The number of aliphatic hydroxyl groups excluding tert-OH is 1. The van der Waals surface area contributed by atoms with Crippen molar-refractivity contribution in [3.63, 3.8) is 0 Å². The minimum atomic E-state index is -0.688. The molecule has 0 aliphatic carbocycles. The molecule has 3 rings (SSSR count). The second-order valence-electron chi connectivity index (χ2n) is 5.01. The van der Waals surface area contributed by atoms with Crippen LogP contribution in [0.3, 0.4) is 0 Å². The summed E-state index contributed by atoms with van der Waals surface area (Å²) >= 11 is 5.78. The highest BCUT2D eigenvalue weighted by Gasteiger charge is 2.21. The van der Waals surface area contributed by atoms with Gasteiger partial charge in [0.2, 0.25) is 0 Å². The molecule has 0 saturated carbocycles. The van der Waals surface area contributed by atoms with Gasteiger partial charge in [-0.15, -0.1) is 0 Å². The first-order valence-electron chi connectivity index (χ1n) is 7.04. The van der Waals surface area contributed by atoms with E-state index in [0.29, 0.717) is 17.0 Å². The number of rotatable bonds is 5. The molecule has 0 saturated heterocycles. The van der Waals surface area contributed by atoms with Crippen molar-refractivity contribution in [1.29, 1.82) is 0 Å². The van der Waals surface area contributed by atoms with E-state index < -0.39 is 17.8 Å². The summed E-state index contributed by atoms with van der Waals surface area (Å²) in [5.74, 6) is -0.584. The average Bonchev–Trinajstić information content (AvgIpc) is 3.26. The van der Waals surface area contributed by atoms with Crippen LogP contribution < -0.4 is 5.32 Å². The first-order valence-corrected chi connectivity index (χ1v) is 7.42. The van der Waals surface area contributed by atoms with Gasteiger partial charge < -0.3 is 14.8 Å². The van der Waals surface area contributed by atoms with Crippen LogP contribution in [0.1, 0.15) is 22.2 Å². The number of aromatic nitrogens is 2. The molecule has 1 amide bonds. The molecule has 0 aliphatic heterocycles. The predicted octanol–water partition coefficient (Wildman–Crippen LogP) is 2.93. The highest BCUT2D eigenvalue weighted by Crippen LogP contribution is 2.26. The lowest BCUT2D eigenvalue weighted by molar-refractivity contribution is 0.0908. The Hall–Kier alpha value is -2.64. The molecule has 0 aliphatic rings. The summed E-state index contributed by atoms with van der Waals surface area (Å²) in [7, 11) is 0. The molecule has 0 radical (unpaired) electrons. The summed E-state index contributed by atoms with van der Waals surface area (Å²) in [5, 5.41) is 18.6. The maximum Gasteiger partial charge on any atom is 0.255 e. The molecular weight excluding hydrogens is 337 g/mol. The van der Waals surface area contributed by atoms with E-state index in [2.05, 4.69) is 15.5 Å². The fourth-order valence-electron chi connectivity index (χ4n) is 2.26. The molecule has 2 heterocycles. The van der Waals surface area contributed by atoms with Gasteiger partial charge in [-0.3, -0.25) is 9.89 Å². The number of carbonyl (C=O) groups excluding carboxylic acids is 1. The number of nitrogens with zero attached hydrogens (tertiary/aromatic N) is 1. The zero-order valence-electron chi connectivity index (χ0n) is 12.3. The van der Waals surface area contributed by atoms with Crippen LogP contribution >= 0.6 is 11.6 Å². The largest absolute Gasteiger partial charge is 0.467 e. The minimum absolute atomic E-state index is 0.0581. The molecule has 0 bridgehead atoms. The van der Waals surface area contributed by atoms with Crippen LogP contribution in [-0.4, -0.2) is 27.8 Å². The van der Waals surface area contributed by atoms with Crippen molar-refractivity contribution < 1.29 is 18.7 Å². The van der Waals surface area contributed by atoms with Crippen LogP contribution in [0, 0.1) is 5.82 Å². The molecule has 1 unspecified atom stereocenters. The normalized spacial score (nSPS) is 12.1. The Bertz CT molecular complexity index is 848. The van der Waals surface area contributed by atoms with Gasteiger partial charge in [0.15, 0.2) is 0 Å². The molecular formula is C16H13ClFN3O3. The Labute approximate surface area is 141 Å². The number of aromatic amines is 1. The van der Waals surface area contributed by atoms with E-state index in [4.69, 9.17) is 16.0 Å². The minimum Gasteiger partial charge on any atom is -0.467 e. The van der Waals surface area contributed by atoms with Crippen molar-refractivity contribution in [2.75, 3.05) is 6.61 Å². The number of carbonyl (C=O) groups is 1. The molecule has 3 aromatic rings. The van der Waals surface area contributed by atoms with Crippen molar-refractivity contribution in [2.24, 2.45) is 0 Å². The van der Waals surface area contributed by atoms with Crippen molar-refractivity contribution in [3.05, 3.63) is 65.0 Å². The lowest BCUT2D eigenvalue weighted by Crippen LogP contribution is -2.30. The molecule has 0 fully saturated rings. The van der Waals surface area contributed by atoms with Gasteiger partial charge in [-0.05, 0) is 30.3 Å². The van der Waals surface area contributed by atoms with Gasteiger partial charge >= 0.3 is 0 Å². The number of H-pyrrole nitrogens is 1. The van der Waals surface area contributed by atoms with Crippen molar-refractivity contribution in [3.8, 4) is 11.3 Å². The number of furan rings is 1. The van der Waals surface area contributed by atoms with Crippen LogP contribution in [-0.2, 0) is 0 Å². The number of benzene rings is 1. The summed E-state index contributed by atoms with van der Waals surface area (Å²) in [4.78, 5) is 12.5. The third kappa shape index (κ3) is 3.17. The number of nitrogens with one attached hydrogen (secondary N) is 2. The smallest absolute Gasteiger partial charge is 0.255 e. The molecule has 8 heteroatoms. The average molecular weight is 350 g/mol. The summed E-state index contributed by atoms with van der Waals surface area (Å²) in [5.41, 5.74) is 1.15. The Balaban J connectivity index is 1.86. The quantitative estimate of drug-likeness (QED) is 0.660. The lowest BCUT2D eigenvalue weighted by atomic mass is 10.1. The molecule has 2 aromatic heterocycles. The van der Waals surface area contributed by atoms with Crippen LogP contribution in [0.2, 0.25) is 5.02 Å². The van der Waals surface area contributed by atoms with Crippen molar-refractivity contribution in [1.82, 2.24) is 15.5 Å². The Morgan fingerprint density at radius 2 is 2.29 bits per heavy atom. The van der Waals surface area contributed by atoms with E-state index in [1.807, 2.05) is 0 Å². The van der Waals surface area contributed by atoms with Crippen molar-refractivity contribution >= 4 is 17.5 Å². The van der Waals surface area contributed by atoms with E-state index in [9.17, 15) is 14.3 Å². The van der Waals surface area contributed by atoms with Crippen LogP contribution in [0.4, 0.5) is 4.39 Å². The summed E-state index contributed by atoms with van der Waals surface area (Å²) in [6.07, 6.45) is 2.80. The number of halogens is 2. The number of hydrogen-bond acceptors (Lipinski definition) is 4. The van der Waals surface area contributed by atoms with Crippen molar-refractivity contribution in [2.45, 2.75) is 6.04 Å². The molecule has 0 spiro atoms. The van der Waals surface area contributed by atoms with Crippen LogP contribution in [0.5, 0.6) is 0 Å². The molecule has 1 aromatic carbocycles. The third-order valence-corrected chi connectivity index (χ3v) is 3.76. The van der Waals surface area contributed by atoms with E-state index in [0.717, 1.165) is 0 Å². The van der Waals surface area contributed by atoms with Gasteiger partial charge in [-0.2, -0.15) is 5.10 Å².